The number of rotatable bonds is 4. The zero-order valence-electron chi connectivity index (χ0n) is 17.0. The predicted molar refractivity (Wildman–Crippen MR) is 111 cm³/mol. The Morgan fingerprint density at radius 2 is 1.85 bits per heavy atom. The Morgan fingerprint density at radius 1 is 1.12 bits per heavy atom. The van der Waals surface area contributed by atoms with Crippen LogP contribution < -0.4 is 9.64 Å². The highest BCUT2D eigenvalue weighted by atomic mass is 35.5. The van der Waals surface area contributed by atoms with E-state index in [0.717, 1.165) is 23.1 Å². The Labute approximate surface area is 191 Å². The van der Waals surface area contributed by atoms with E-state index in [4.69, 9.17) is 16.3 Å². The third-order valence-corrected chi connectivity index (χ3v) is 6.44. The van der Waals surface area contributed by atoms with Gasteiger partial charge in [0.15, 0.2) is 6.61 Å². The molecule has 0 radical (unpaired) electrons. The minimum absolute atomic E-state index is 0.141. The Kier molecular flexibility index (Phi) is 5.00. The minimum Gasteiger partial charge on any atom is -0.484 e. The molecule has 3 saturated heterocycles. The van der Waals surface area contributed by atoms with Gasteiger partial charge in [-0.05, 0) is 48.9 Å². The quantitative estimate of drug-likeness (QED) is 0.629. The highest BCUT2D eigenvalue weighted by molar-refractivity contribution is 6.30. The first kappa shape index (κ1) is 21.6. The highest BCUT2D eigenvalue weighted by Gasteiger charge is 2.62. The van der Waals surface area contributed by atoms with Gasteiger partial charge >= 0.3 is 12.2 Å². The van der Waals surface area contributed by atoms with Crippen LogP contribution >= 0.6 is 11.6 Å². The molecule has 172 valence electrons. The normalized spacial score (nSPS) is 24.0. The Balaban J connectivity index is 1.33. The average Bonchev–Trinajstić information content (AvgIpc) is 3.44. The van der Waals surface area contributed by atoms with Crippen molar-refractivity contribution >= 4 is 35.1 Å². The molecule has 0 unspecified atom stereocenters. The molecule has 0 aromatic heterocycles. The van der Waals surface area contributed by atoms with E-state index in [-0.39, 0.29) is 30.8 Å². The molecule has 11 heteroatoms. The van der Waals surface area contributed by atoms with Crippen LogP contribution in [-0.4, -0.2) is 58.9 Å². The molecule has 2 aromatic rings. The van der Waals surface area contributed by atoms with Gasteiger partial charge < -0.3 is 14.5 Å². The average molecular weight is 480 g/mol. The largest absolute Gasteiger partial charge is 0.484 e. The lowest BCUT2D eigenvalue weighted by Crippen LogP contribution is -2.55. The lowest BCUT2D eigenvalue weighted by Gasteiger charge is -2.34. The van der Waals surface area contributed by atoms with Crippen molar-refractivity contribution in [3.63, 3.8) is 0 Å². The summed E-state index contributed by atoms with van der Waals surface area (Å²) in [7, 11) is 0. The number of nitrogens with zero attached hydrogens (tertiary/aromatic N) is 3. The summed E-state index contributed by atoms with van der Waals surface area (Å²) in [6.07, 6.45) is -4.17. The molecule has 3 heterocycles. The summed E-state index contributed by atoms with van der Waals surface area (Å²) in [6, 6.07) is 8.08. The summed E-state index contributed by atoms with van der Waals surface area (Å²) >= 11 is 5.83. The minimum atomic E-state index is -4.61. The van der Waals surface area contributed by atoms with E-state index in [2.05, 4.69) is 0 Å². The molecule has 7 nitrogen and oxygen atoms in total. The van der Waals surface area contributed by atoms with Crippen LogP contribution in [0.2, 0.25) is 5.02 Å². The van der Waals surface area contributed by atoms with E-state index in [1.807, 2.05) is 0 Å². The molecule has 2 aromatic carbocycles. The van der Waals surface area contributed by atoms with Gasteiger partial charge in [0.25, 0.3) is 11.8 Å². The Morgan fingerprint density at radius 3 is 2.55 bits per heavy atom. The molecular weight excluding hydrogens is 463 g/mol. The second-order valence-corrected chi connectivity index (χ2v) is 8.54. The van der Waals surface area contributed by atoms with Crippen LogP contribution in [0.4, 0.5) is 23.7 Å². The fourth-order valence-corrected chi connectivity index (χ4v) is 4.89. The lowest BCUT2D eigenvalue weighted by atomic mass is 10.1. The molecule has 3 aliphatic heterocycles. The third-order valence-electron chi connectivity index (χ3n) is 6.19. The standard InChI is InChI=1S/C22H17ClF3N3O4/c23-13-4-6-16(7-5-13)33-11-18(30)27-10-15-9-17(27)19-20(31)29(21(32)28(15)19)14-3-1-2-12(8-14)22(24,25)26/h1-8,15,17,19H,9-11H2/t15-,17-,19+/m0/s1. The van der Waals surface area contributed by atoms with E-state index in [9.17, 15) is 27.6 Å². The fourth-order valence-electron chi connectivity index (χ4n) is 4.76. The summed E-state index contributed by atoms with van der Waals surface area (Å²) < 4.78 is 44.8. The van der Waals surface area contributed by atoms with E-state index < -0.39 is 35.8 Å². The molecule has 0 aliphatic carbocycles. The molecule has 2 bridgehead atoms. The lowest BCUT2D eigenvalue weighted by molar-refractivity contribution is -0.138. The highest BCUT2D eigenvalue weighted by Crippen LogP contribution is 2.43. The van der Waals surface area contributed by atoms with Crippen LogP contribution in [0.25, 0.3) is 0 Å². The molecule has 4 amide bonds. The molecular formula is C22H17ClF3N3O4. The molecule has 33 heavy (non-hydrogen) atoms. The van der Waals surface area contributed by atoms with Crippen molar-refractivity contribution in [2.45, 2.75) is 30.7 Å². The number of piperazine rings is 1. The topological polar surface area (TPSA) is 70.2 Å². The first-order valence-electron chi connectivity index (χ1n) is 10.2. The van der Waals surface area contributed by atoms with Crippen LogP contribution in [0.3, 0.4) is 0 Å². The summed E-state index contributed by atoms with van der Waals surface area (Å²) in [6.45, 7) is -0.0174. The van der Waals surface area contributed by atoms with Crippen LogP contribution in [-0.2, 0) is 15.8 Å². The number of alkyl halides is 3. The summed E-state index contributed by atoms with van der Waals surface area (Å²) in [5.41, 5.74) is -1.09. The number of anilines is 1. The van der Waals surface area contributed by atoms with Crippen LogP contribution in [0.5, 0.6) is 5.75 Å². The van der Waals surface area contributed by atoms with Gasteiger partial charge in [0.1, 0.15) is 11.8 Å². The summed E-state index contributed by atoms with van der Waals surface area (Å²) in [5.74, 6) is -0.514. The van der Waals surface area contributed by atoms with E-state index in [1.165, 1.54) is 15.9 Å². The van der Waals surface area contributed by atoms with Gasteiger partial charge in [-0.2, -0.15) is 13.2 Å². The number of hydrogen-bond acceptors (Lipinski definition) is 4. The number of fused-ring (bicyclic) bond motifs is 5. The van der Waals surface area contributed by atoms with Crippen molar-refractivity contribution in [1.29, 1.82) is 0 Å². The van der Waals surface area contributed by atoms with E-state index in [0.29, 0.717) is 17.2 Å². The first-order chi connectivity index (χ1) is 15.6. The van der Waals surface area contributed by atoms with Gasteiger partial charge in [0.2, 0.25) is 0 Å². The zero-order valence-corrected chi connectivity index (χ0v) is 17.7. The molecule has 0 N–H and O–H groups in total. The Hall–Kier alpha value is -3.27. The van der Waals surface area contributed by atoms with Crippen LogP contribution in [0.15, 0.2) is 48.5 Å². The van der Waals surface area contributed by atoms with Crippen molar-refractivity contribution < 1.29 is 32.3 Å². The number of halogens is 4. The van der Waals surface area contributed by atoms with Crippen molar-refractivity contribution in [2.75, 3.05) is 18.1 Å². The van der Waals surface area contributed by atoms with Gasteiger partial charge in [-0.3, -0.25) is 9.59 Å². The molecule has 3 fully saturated rings. The van der Waals surface area contributed by atoms with Crippen LogP contribution in [0.1, 0.15) is 12.0 Å². The number of likely N-dealkylation sites (tertiary alicyclic amines) is 1. The number of ether oxygens (including phenoxy) is 1. The molecule has 0 saturated carbocycles. The predicted octanol–water partition coefficient (Wildman–Crippen LogP) is 3.56. The van der Waals surface area contributed by atoms with Crippen molar-refractivity contribution in [1.82, 2.24) is 9.80 Å². The molecule has 3 atom stereocenters. The van der Waals surface area contributed by atoms with Gasteiger partial charge in [0.05, 0.1) is 23.3 Å². The number of carbonyl (C=O) groups excluding carboxylic acids is 3. The maximum absolute atomic E-state index is 13.1. The molecule has 3 aliphatic rings. The molecule has 0 spiro atoms. The van der Waals surface area contributed by atoms with Gasteiger partial charge in [0, 0.05) is 11.6 Å². The fraction of sp³-hybridized carbons (Fsp3) is 0.318. The summed E-state index contributed by atoms with van der Waals surface area (Å²) in [5, 5.41) is 0.528. The number of benzene rings is 2. The smallest absolute Gasteiger partial charge is 0.416 e. The SMILES string of the molecule is O=C1[C@H]2[C@@H]3C[C@@H](CN3C(=O)COc3ccc(Cl)cc3)N2C(=O)N1c1cccc(C(F)(F)F)c1. The monoisotopic (exact) mass is 479 g/mol. The number of amides is 4. The van der Waals surface area contributed by atoms with Gasteiger partial charge in [-0.15, -0.1) is 0 Å². The Bertz CT molecular complexity index is 1140. The molecule has 5 rings (SSSR count). The van der Waals surface area contributed by atoms with Crippen molar-refractivity contribution in [2.24, 2.45) is 0 Å². The van der Waals surface area contributed by atoms with Crippen molar-refractivity contribution in [3.8, 4) is 5.75 Å². The van der Waals surface area contributed by atoms with Crippen molar-refractivity contribution in [3.05, 3.63) is 59.1 Å². The maximum Gasteiger partial charge on any atom is 0.416 e. The summed E-state index contributed by atoms with van der Waals surface area (Å²) in [4.78, 5) is 42.6. The van der Waals surface area contributed by atoms with Crippen LogP contribution in [0, 0.1) is 0 Å². The second kappa shape index (κ2) is 7.65. The number of imide groups is 1. The van der Waals surface area contributed by atoms with Gasteiger partial charge in [-0.25, -0.2) is 9.69 Å². The first-order valence-corrected chi connectivity index (χ1v) is 10.5. The number of carbonyl (C=O) groups is 3. The number of hydrogen-bond donors (Lipinski definition) is 0. The van der Waals surface area contributed by atoms with E-state index >= 15 is 0 Å². The van der Waals surface area contributed by atoms with E-state index in [1.54, 1.807) is 24.3 Å². The number of urea groups is 1. The zero-order chi connectivity index (χ0) is 23.5. The maximum atomic E-state index is 13.1. The van der Waals surface area contributed by atoms with Gasteiger partial charge in [-0.1, -0.05) is 17.7 Å². The third kappa shape index (κ3) is 3.58. The second-order valence-electron chi connectivity index (χ2n) is 8.10.